The normalized spacial score (nSPS) is 10.7. The van der Waals surface area contributed by atoms with Gasteiger partial charge in [0.1, 0.15) is 5.75 Å². The van der Waals surface area contributed by atoms with Crippen LogP contribution in [0.5, 0.6) is 5.75 Å². The van der Waals surface area contributed by atoms with E-state index in [9.17, 15) is 0 Å². The van der Waals surface area contributed by atoms with Crippen LogP contribution in [-0.2, 0) is 17.9 Å². The third-order valence-electron chi connectivity index (χ3n) is 2.62. The van der Waals surface area contributed by atoms with Crippen LogP contribution in [0.2, 0.25) is 5.02 Å². The van der Waals surface area contributed by atoms with Gasteiger partial charge in [0.05, 0.1) is 6.61 Å². The number of ether oxygens (including phenoxy) is 2. The van der Waals surface area contributed by atoms with Crippen molar-refractivity contribution in [3.8, 4) is 5.75 Å². The second-order valence-electron chi connectivity index (χ2n) is 4.02. The van der Waals surface area contributed by atoms with Crippen LogP contribution in [-0.4, -0.2) is 30.4 Å². The minimum Gasteiger partial charge on any atom is -0.485 e. The number of nitrogens with zero attached hydrogens (tertiary/aromatic N) is 2. The summed E-state index contributed by atoms with van der Waals surface area (Å²) in [6, 6.07) is 5.53. The molecular weight excluding hydrogens is 282 g/mol. The lowest BCUT2D eigenvalue weighted by Crippen LogP contribution is -2.19. The maximum atomic E-state index is 6.20. The average Bonchev–Trinajstić information content (AvgIpc) is 2.96. The Morgan fingerprint density at radius 2 is 2.30 bits per heavy atom. The summed E-state index contributed by atoms with van der Waals surface area (Å²) in [4.78, 5) is 3.90. The van der Waals surface area contributed by atoms with Crippen molar-refractivity contribution in [2.24, 2.45) is 0 Å². The van der Waals surface area contributed by atoms with Gasteiger partial charge in [-0.25, -0.2) is 0 Å². The van der Waals surface area contributed by atoms with Crippen LogP contribution >= 0.6 is 11.6 Å². The van der Waals surface area contributed by atoms with E-state index < -0.39 is 0 Å². The topological polar surface area (TPSA) is 69.4 Å². The van der Waals surface area contributed by atoms with Crippen LogP contribution in [0.3, 0.4) is 0 Å². The molecule has 6 nitrogen and oxygen atoms in total. The molecular formula is C13H16ClN3O3. The van der Waals surface area contributed by atoms with E-state index in [4.69, 9.17) is 21.1 Å². The van der Waals surface area contributed by atoms with Crippen molar-refractivity contribution < 1.29 is 14.0 Å². The molecule has 7 heteroatoms. The number of halogens is 1. The predicted octanol–water partition coefficient (Wildman–Crippen LogP) is 2.04. The van der Waals surface area contributed by atoms with E-state index in [1.165, 1.54) is 6.39 Å². The zero-order valence-electron chi connectivity index (χ0n) is 11.1. The molecule has 0 atom stereocenters. The Kier molecular flexibility index (Phi) is 5.79. The summed E-state index contributed by atoms with van der Waals surface area (Å²) in [7, 11) is 1.66. The Labute approximate surface area is 122 Å². The van der Waals surface area contributed by atoms with E-state index >= 15 is 0 Å². The third-order valence-corrected chi connectivity index (χ3v) is 2.98. The molecule has 1 aromatic carbocycles. The quantitative estimate of drug-likeness (QED) is 0.752. The van der Waals surface area contributed by atoms with Gasteiger partial charge >= 0.3 is 0 Å². The molecule has 0 saturated heterocycles. The van der Waals surface area contributed by atoms with Gasteiger partial charge in [0, 0.05) is 30.8 Å². The molecule has 0 bridgehead atoms. The average molecular weight is 298 g/mol. The van der Waals surface area contributed by atoms with E-state index in [-0.39, 0.29) is 6.61 Å². The summed E-state index contributed by atoms with van der Waals surface area (Å²) in [5.74, 6) is 1.19. The maximum absolute atomic E-state index is 6.20. The zero-order valence-corrected chi connectivity index (χ0v) is 11.9. The molecule has 1 aromatic heterocycles. The fraction of sp³-hybridized carbons (Fsp3) is 0.385. The molecule has 1 heterocycles. The van der Waals surface area contributed by atoms with Crippen LogP contribution in [0.15, 0.2) is 29.1 Å². The van der Waals surface area contributed by atoms with Gasteiger partial charge in [-0.2, -0.15) is 4.98 Å². The van der Waals surface area contributed by atoms with E-state index in [2.05, 4.69) is 20.0 Å². The van der Waals surface area contributed by atoms with Crippen LogP contribution in [0, 0.1) is 0 Å². The molecule has 2 rings (SSSR count). The molecule has 0 aliphatic rings. The first-order chi connectivity index (χ1) is 9.81. The van der Waals surface area contributed by atoms with Crippen molar-refractivity contribution in [3.05, 3.63) is 41.0 Å². The molecule has 0 spiro atoms. The second kappa shape index (κ2) is 7.84. The van der Waals surface area contributed by atoms with Gasteiger partial charge in [-0.05, 0) is 12.1 Å². The van der Waals surface area contributed by atoms with Gasteiger partial charge in [-0.1, -0.05) is 22.8 Å². The highest BCUT2D eigenvalue weighted by Crippen LogP contribution is 2.26. The van der Waals surface area contributed by atoms with Crippen molar-refractivity contribution in [2.45, 2.75) is 13.2 Å². The van der Waals surface area contributed by atoms with E-state index in [1.807, 2.05) is 18.2 Å². The number of rotatable bonds is 8. The lowest BCUT2D eigenvalue weighted by atomic mass is 10.2. The summed E-state index contributed by atoms with van der Waals surface area (Å²) < 4.78 is 15.3. The third kappa shape index (κ3) is 4.19. The summed E-state index contributed by atoms with van der Waals surface area (Å²) in [5, 5.41) is 7.58. The van der Waals surface area contributed by atoms with Gasteiger partial charge in [0.15, 0.2) is 6.61 Å². The first-order valence-electron chi connectivity index (χ1n) is 6.16. The van der Waals surface area contributed by atoms with Crippen molar-refractivity contribution in [2.75, 3.05) is 20.3 Å². The Morgan fingerprint density at radius 1 is 1.40 bits per heavy atom. The fourth-order valence-electron chi connectivity index (χ4n) is 1.63. The standard InChI is InChI=1S/C13H16ClN3O3/c1-18-6-5-15-7-10-11(14)3-2-4-12(10)19-8-13-16-9-20-17-13/h2-4,9,15H,5-8H2,1H3. The largest absolute Gasteiger partial charge is 0.485 e. The van der Waals surface area contributed by atoms with Crippen LogP contribution in [0.1, 0.15) is 11.4 Å². The van der Waals surface area contributed by atoms with Crippen LogP contribution in [0.25, 0.3) is 0 Å². The van der Waals surface area contributed by atoms with E-state index in [0.717, 1.165) is 12.1 Å². The second-order valence-corrected chi connectivity index (χ2v) is 4.43. The van der Waals surface area contributed by atoms with Gasteiger partial charge in [0.2, 0.25) is 12.2 Å². The molecule has 0 saturated carbocycles. The van der Waals surface area contributed by atoms with Crippen molar-refractivity contribution >= 4 is 11.6 Å². The molecule has 0 unspecified atom stereocenters. The van der Waals surface area contributed by atoms with Gasteiger partial charge in [0.25, 0.3) is 0 Å². The van der Waals surface area contributed by atoms with Gasteiger partial charge in [-0.15, -0.1) is 0 Å². The van der Waals surface area contributed by atoms with Crippen molar-refractivity contribution in [1.82, 2.24) is 15.5 Å². The van der Waals surface area contributed by atoms with Crippen LogP contribution < -0.4 is 10.1 Å². The maximum Gasteiger partial charge on any atom is 0.213 e. The highest BCUT2D eigenvalue weighted by molar-refractivity contribution is 6.31. The van der Waals surface area contributed by atoms with E-state index in [1.54, 1.807) is 7.11 Å². The van der Waals surface area contributed by atoms with Crippen molar-refractivity contribution in [1.29, 1.82) is 0 Å². The fourth-order valence-corrected chi connectivity index (χ4v) is 1.86. The smallest absolute Gasteiger partial charge is 0.213 e. The summed E-state index contributed by atoms with van der Waals surface area (Å²) in [6.07, 6.45) is 1.27. The summed E-state index contributed by atoms with van der Waals surface area (Å²) in [6.45, 7) is 2.22. The lowest BCUT2D eigenvalue weighted by Gasteiger charge is -2.12. The Hall–Kier alpha value is -1.63. The number of methoxy groups -OCH3 is 1. The number of benzene rings is 1. The molecule has 0 amide bonds. The van der Waals surface area contributed by atoms with Crippen molar-refractivity contribution in [3.63, 3.8) is 0 Å². The summed E-state index contributed by atoms with van der Waals surface area (Å²) in [5.41, 5.74) is 0.897. The highest BCUT2D eigenvalue weighted by atomic mass is 35.5. The number of hydrogen-bond donors (Lipinski definition) is 1. The highest BCUT2D eigenvalue weighted by Gasteiger charge is 2.09. The SMILES string of the molecule is COCCNCc1c(Cl)cccc1OCc1ncon1. The number of nitrogens with one attached hydrogen (secondary N) is 1. The monoisotopic (exact) mass is 297 g/mol. The Bertz CT molecular complexity index is 520. The Morgan fingerprint density at radius 3 is 3.05 bits per heavy atom. The molecule has 0 aliphatic heterocycles. The lowest BCUT2D eigenvalue weighted by molar-refractivity contribution is 0.199. The van der Waals surface area contributed by atoms with E-state index in [0.29, 0.717) is 29.7 Å². The molecule has 1 N–H and O–H groups in total. The predicted molar refractivity (Wildman–Crippen MR) is 73.7 cm³/mol. The number of aromatic nitrogens is 2. The molecule has 0 radical (unpaired) electrons. The zero-order chi connectivity index (χ0) is 14.2. The number of hydrogen-bond acceptors (Lipinski definition) is 6. The van der Waals surface area contributed by atoms with Gasteiger partial charge in [-0.3, -0.25) is 0 Å². The molecule has 0 fully saturated rings. The molecule has 108 valence electrons. The van der Waals surface area contributed by atoms with Gasteiger partial charge < -0.3 is 19.3 Å². The summed E-state index contributed by atoms with van der Waals surface area (Å²) >= 11 is 6.20. The first-order valence-corrected chi connectivity index (χ1v) is 6.54. The minimum atomic E-state index is 0.238. The van der Waals surface area contributed by atoms with Crippen LogP contribution in [0.4, 0.5) is 0 Å². The molecule has 0 aliphatic carbocycles. The Balaban J connectivity index is 1.98. The molecule has 2 aromatic rings. The minimum absolute atomic E-state index is 0.238. The molecule has 20 heavy (non-hydrogen) atoms. The first kappa shape index (κ1) is 14.8.